The van der Waals surface area contributed by atoms with E-state index >= 15 is 0 Å². The topological polar surface area (TPSA) is 57.8 Å². The van der Waals surface area contributed by atoms with Crippen molar-refractivity contribution in [2.24, 2.45) is 5.92 Å². The van der Waals surface area contributed by atoms with E-state index in [1.54, 1.807) is 0 Å². The predicted molar refractivity (Wildman–Crippen MR) is 57.2 cm³/mol. The number of aromatic amines is 1. The normalized spacial score (nSPS) is 15.7. The lowest BCUT2D eigenvalue weighted by molar-refractivity contribution is -0.122. The molecule has 0 aliphatic heterocycles. The smallest absolute Gasteiger partial charge is 0.223 e. The number of carbonyl (C=O) groups excluding carboxylic acids is 1. The molecule has 1 aromatic heterocycles. The van der Waals surface area contributed by atoms with Crippen LogP contribution in [0.2, 0.25) is 0 Å². The highest BCUT2D eigenvalue weighted by Crippen LogP contribution is 2.28. The van der Waals surface area contributed by atoms with Crippen LogP contribution in [0.5, 0.6) is 0 Å². The number of amides is 1. The van der Waals surface area contributed by atoms with Gasteiger partial charge in [-0.2, -0.15) is 5.10 Å². The van der Waals surface area contributed by atoms with Crippen LogP contribution in [0.25, 0.3) is 0 Å². The third-order valence-electron chi connectivity index (χ3n) is 2.76. The van der Waals surface area contributed by atoms with Crippen LogP contribution in [-0.4, -0.2) is 16.1 Å². The molecule has 4 nitrogen and oxygen atoms in total. The Labute approximate surface area is 89.5 Å². The van der Waals surface area contributed by atoms with E-state index in [1.807, 2.05) is 6.20 Å². The standard InChI is InChI=1S/C11H17N3O/c1-7(2)9-5-13-14-10(9)6-12-11(15)8-3-4-8/h5,7-8H,3-4,6H2,1-2H3,(H,12,15)(H,13,14). The van der Waals surface area contributed by atoms with E-state index < -0.39 is 0 Å². The zero-order valence-electron chi connectivity index (χ0n) is 9.21. The van der Waals surface area contributed by atoms with Gasteiger partial charge in [0.1, 0.15) is 0 Å². The van der Waals surface area contributed by atoms with Crippen molar-refractivity contribution in [2.75, 3.05) is 0 Å². The summed E-state index contributed by atoms with van der Waals surface area (Å²) >= 11 is 0. The molecule has 0 saturated heterocycles. The van der Waals surface area contributed by atoms with Crippen LogP contribution in [0.4, 0.5) is 0 Å². The molecule has 82 valence electrons. The second-order valence-electron chi connectivity index (χ2n) is 4.45. The summed E-state index contributed by atoms with van der Waals surface area (Å²) < 4.78 is 0. The number of hydrogen-bond acceptors (Lipinski definition) is 2. The summed E-state index contributed by atoms with van der Waals surface area (Å²) in [7, 11) is 0. The number of rotatable bonds is 4. The maximum atomic E-state index is 11.4. The lowest BCUT2D eigenvalue weighted by Crippen LogP contribution is -2.24. The first kappa shape index (κ1) is 10.2. The molecule has 0 unspecified atom stereocenters. The maximum absolute atomic E-state index is 11.4. The van der Waals surface area contributed by atoms with E-state index in [1.165, 1.54) is 5.56 Å². The van der Waals surface area contributed by atoms with Gasteiger partial charge < -0.3 is 5.32 Å². The quantitative estimate of drug-likeness (QED) is 0.787. The molecule has 0 aromatic carbocycles. The lowest BCUT2D eigenvalue weighted by atomic mass is 10.0. The van der Waals surface area contributed by atoms with Gasteiger partial charge in [-0.25, -0.2) is 0 Å². The molecule has 1 aliphatic rings. The Kier molecular flexibility index (Phi) is 2.75. The fourth-order valence-electron chi connectivity index (χ4n) is 1.63. The number of nitrogens with zero attached hydrogens (tertiary/aromatic N) is 1. The molecular formula is C11H17N3O. The molecule has 1 heterocycles. The Morgan fingerprint density at radius 2 is 2.40 bits per heavy atom. The van der Waals surface area contributed by atoms with Crippen molar-refractivity contribution < 1.29 is 4.79 Å². The lowest BCUT2D eigenvalue weighted by Gasteiger charge is -2.07. The van der Waals surface area contributed by atoms with Gasteiger partial charge in [0.2, 0.25) is 5.91 Å². The van der Waals surface area contributed by atoms with E-state index in [2.05, 4.69) is 29.4 Å². The first-order valence-corrected chi connectivity index (χ1v) is 5.48. The SMILES string of the molecule is CC(C)c1cn[nH]c1CNC(=O)C1CC1. The van der Waals surface area contributed by atoms with Gasteiger partial charge in [-0.1, -0.05) is 13.8 Å². The number of nitrogens with one attached hydrogen (secondary N) is 2. The molecule has 1 saturated carbocycles. The average molecular weight is 207 g/mol. The van der Waals surface area contributed by atoms with Crippen LogP contribution in [0.3, 0.4) is 0 Å². The molecule has 0 spiro atoms. The van der Waals surface area contributed by atoms with Crippen LogP contribution < -0.4 is 5.32 Å². The van der Waals surface area contributed by atoms with Gasteiger partial charge in [0, 0.05) is 5.92 Å². The van der Waals surface area contributed by atoms with Gasteiger partial charge in [0.15, 0.2) is 0 Å². The Balaban J connectivity index is 1.92. The zero-order chi connectivity index (χ0) is 10.8. The molecule has 2 rings (SSSR count). The van der Waals surface area contributed by atoms with Crippen molar-refractivity contribution in [1.29, 1.82) is 0 Å². The third-order valence-corrected chi connectivity index (χ3v) is 2.76. The van der Waals surface area contributed by atoms with Gasteiger partial charge in [0.05, 0.1) is 18.4 Å². The molecule has 1 aliphatic carbocycles. The Hall–Kier alpha value is -1.32. The summed E-state index contributed by atoms with van der Waals surface area (Å²) in [6, 6.07) is 0. The molecule has 0 radical (unpaired) electrons. The maximum Gasteiger partial charge on any atom is 0.223 e. The molecule has 0 bridgehead atoms. The number of carbonyl (C=O) groups is 1. The average Bonchev–Trinajstić information content (AvgIpc) is 2.93. The first-order valence-electron chi connectivity index (χ1n) is 5.48. The van der Waals surface area contributed by atoms with Crippen molar-refractivity contribution in [1.82, 2.24) is 15.5 Å². The van der Waals surface area contributed by atoms with Crippen LogP contribution in [0, 0.1) is 5.92 Å². The highest BCUT2D eigenvalue weighted by Gasteiger charge is 2.29. The monoisotopic (exact) mass is 207 g/mol. The van der Waals surface area contributed by atoms with Gasteiger partial charge in [0.25, 0.3) is 0 Å². The van der Waals surface area contributed by atoms with Crippen molar-refractivity contribution in [3.63, 3.8) is 0 Å². The Morgan fingerprint density at radius 3 is 3.00 bits per heavy atom. The van der Waals surface area contributed by atoms with Crippen LogP contribution in [0.1, 0.15) is 43.9 Å². The van der Waals surface area contributed by atoms with E-state index in [0.717, 1.165) is 18.5 Å². The van der Waals surface area contributed by atoms with Crippen molar-refractivity contribution in [3.05, 3.63) is 17.5 Å². The molecule has 0 atom stereocenters. The van der Waals surface area contributed by atoms with Gasteiger partial charge in [-0.05, 0) is 24.3 Å². The number of H-pyrrole nitrogens is 1. The minimum atomic E-state index is 0.180. The third kappa shape index (κ3) is 2.37. The summed E-state index contributed by atoms with van der Waals surface area (Å²) in [6.45, 7) is 4.82. The highest BCUT2D eigenvalue weighted by molar-refractivity contribution is 5.80. The number of hydrogen-bond donors (Lipinski definition) is 2. The fraction of sp³-hybridized carbons (Fsp3) is 0.636. The second-order valence-corrected chi connectivity index (χ2v) is 4.45. The van der Waals surface area contributed by atoms with E-state index in [4.69, 9.17) is 0 Å². The van der Waals surface area contributed by atoms with Crippen molar-refractivity contribution >= 4 is 5.91 Å². The second kappa shape index (κ2) is 4.04. The van der Waals surface area contributed by atoms with Gasteiger partial charge in [-0.15, -0.1) is 0 Å². The predicted octanol–water partition coefficient (Wildman–Crippen LogP) is 1.56. The largest absolute Gasteiger partial charge is 0.350 e. The summed E-state index contributed by atoms with van der Waals surface area (Å²) in [5, 5.41) is 9.87. The van der Waals surface area contributed by atoms with Crippen LogP contribution >= 0.6 is 0 Å². The molecule has 4 heteroatoms. The Morgan fingerprint density at radius 1 is 1.67 bits per heavy atom. The summed E-state index contributed by atoms with van der Waals surface area (Å²) in [5.74, 6) is 0.895. The molecule has 15 heavy (non-hydrogen) atoms. The highest BCUT2D eigenvalue weighted by atomic mass is 16.2. The van der Waals surface area contributed by atoms with E-state index in [9.17, 15) is 4.79 Å². The molecule has 1 amide bonds. The summed E-state index contributed by atoms with van der Waals surface area (Å²) in [4.78, 5) is 11.4. The molecule has 2 N–H and O–H groups in total. The molecular weight excluding hydrogens is 190 g/mol. The van der Waals surface area contributed by atoms with Crippen molar-refractivity contribution in [3.8, 4) is 0 Å². The Bertz CT molecular complexity index is 352. The van der Waals surface area contributed by atoms with Crippen LogP contribution in [0.15, 0.2) is 6.20 Å². The molecule has 1 aromatic rings. The van der Waals surface area contributed by atoms with Gasteiger partial charge >= 0.3 is 0 Å². The fourth-order valence-corrected chi connectivity index (χ4v) is 1.63. The molecule has 1 fully saturated rings. The van der Waals surface area contributed by atoms with Gasteiger partial charge in [-0.3, -0.25) is 9.89 Å². The van der Waals surface area contributed by atoms with E-state index in [0.29, 0.717) is 12.5 Å². The minimum absolute atomic E-state index is 0.180. The number of aromatic nitrogens is 2. The first-order chi connectivity index (χ1) is 7.18. The van der Waals surface area contributed by atoms with Crippen molar-refractivity contribution in [2.45, 2.75) is 39.2 Å². The van der Waals surface area contributed by atoms with E-state index in [-0.39, 0.29) is 11.8 Å². The van der Waals surface area contributed by atoms with Crippen LogP contribution in [-0.2, 0) is 11.3 Å². The summed E-state index contributed by atoms with van der Waals surface area (Å²) in [6.07, 6.45) is 3.93. The zero-order valence-corrected chi connectivity index (χ0v) is 9.21. The summed E-state index contributed by atoms with van der Waals surface area (Å²) in [5.41, 5.74) is 2.21. The minimum Gasteiger partial charge on any atom is -0.350 e.